The third-order valence-electron chi connectivity index (χ3n) is 2.65. The Morgan fingerprint density at radius 3 is 2.80 bits per heavy atom. The van der Waals surface area contributed by atoms with E-state index in [0.717, 1.165) is 6.26 Å². The molecule has 20 heavy (non-hydrogen) atoms. The number of hydrogen-bond acceptors (Lipinski definition) is 6. The van der Waals surface area contributed by atoms with Crippen LogP contribution in [0.2, 0.25) is 0 Å². The fourth-order valence-electron chi connectivity index (χ4n) is 1.74. The molecule has 0 saturated carbocycles. The van der Waals surface area contributed by atoms with Crippen LogP contribution in [0.3, 0.4) is 0 Å². The van der Waals surface area contributed by atoms with Gasteiger partial charge in [0.05, 0.1) is 11.3 Å². The van der Waals surface area contributed by atoms with E-state index in [0.29, 0.717) is 18.7 Å². The Balaban J connectivity index is 2.20. The summed E-state index contributed by atoms with van der Waals surface area (Å²) in [4.78, 5) is 0. The Morgan fingerprint density at radius 1 is 1.40 bits per heavy atom. The average Bonchev–Trinajstić information content (AvgIpc) is 2.75. The summed E-state index contributed by atoms with van der Waals surface area (Å²) in [6.45, 7) is 0.291. The molecule has 0 saturated heterocycles. The van der Waals surface area contributed by atoms with E-state index in [1.807, 2.05) is 0 Å². The quantitative estimate of drug-likeness (QED) is 0.806. The summed E-state index contributed by atoms with van der Waals surface area (Å²) >= 11 is 0. The summed E-state index contributed by atoms with van der Waals surface area (Å²) in [5, 5.41) is 11.0. The summed E-state index contributed by atoms with van der Waals surface area (Å²) in [6, 6.07) is 4.22. The molecule has 0 aliphatic heterocycles. The van der Waals surface area contributed by atoms with Gasteiger partial charge in [0.2, 0.25) is 0 Å². The zero-order valence-electron chi connectivity index (χ0n) is 10.8. The van der Waals surface area contributed by atoms with Crippen molar-refractivity contribution in [2.75, 3.05) is 17.7 Å². The summed E-state index contributed by atoms with van der Waals surface area (Å²) < 4.78 is 37.3. The molecule has 0 radical (unpaired) electrons. The normalized spacial score (nSPS) is 11.7. The minimum absolute atomic E-state index is 0.0243. The van der Waals surface area contributed by atoms with Crippen LogP contribution in [0.5, 0.6) is 0 Å². The Labute approximate surface area is 115 Å². The van der Waals surface area contributed by atoms with Gasteiger partial charge in [-0.05, 0) is 35.0 Å². The molecular formula is C11H14FN5O2S. The summed E-state index contributed by atoms with van der Waals surface area (Å²) in [7, 11) is -3.04. The number of rotatable bonds is 5. The van der Waals surface area contributed by atoms with Crippen LogP contribution in [0.4, 0.5) is 10.1 Å². The molecule has 1 aromatic heterocycles. The van der Waals surface area contributed by atoms with Crippen LogP contribution < -0.4 is 5.73 Å². The molecule has 1 heterocycles. The third-order valence-corrected chi connectivity index (χ3v) is 3.68. The van der Waals surface area contributed by atoms with Crippen molar-refractivity contribution < 1.29 is 12.8 Å². The first-order valence-corrected chi connectivity index (χ1v) is 7.92. The smallest absolute Gasteiger partial charge is 0.184 e. The lowest BCUT2D eigenvalue weighted by Gasteiger charge is -2.05. The van der Waals surface area contributed by atoms with E-state index in [1.165, 1.54) is 16.8 Å². The van der Waals surface area contributed by atoms with Crippen LogP contribution in [-0.2, 0) is 16.4 Å². The van der Waals surface area contributed by atoms with Crippen molar-refractivity contribution in [3.63, 3.8) is 0 Å². The van der Waals surface area contributed by atoms with Crippen LogP contribution in [0.15, 0.2) is 18.2 Å². The van der Waals surface area contributed by atoms with Gasteiger partial charge in [0, 0.05) is 18.5 Å². The summed E-state index contributed by atoms with van der Waals surface area (Å²) in [5.74, 6) is -0.253. The number of sulfone groups is 1. The number of tetrazole rings is 1. The molecule has 1 aromatic carbocycles. The summed E-state index contributed by atoms with van der Waals surface area (Å²) in [5.41, 5.74) is 6.02. The van der Waals surface area contributed by atoms with E-state index in [1.54, 1.807) is 6.07 Å². The monoisotopic (exact) mass is 299 g/mol. The van der Waals surface area contributed by atoms with Gasteiger partial charge in [-0.25, -0.2) is 17.5 Å². The van der Waals surface area contributed by atoms with Crippen molar-refractivity contribution >= 4 is 15.5 Å². The molecule has 0 atom stereocenters. The third kappa shape index (κ3) is 3.50. The van der Waals surface area contributed by atoms with Crippen LogP contribution in [-0.4, -0.2) is 40.6 Å². The van der Waals surface area contributed by atoms with E-state index >= 15 is 0 Å². The van der Waals surface area contributed by atoms with Gasteiger partial charge in [-0.3, -0.25) is 0 Å². The molecule has 2 rings (SSSR count). The highest BCUT2D eigenvalue weighted by Gasteiger charge is 2.14. The van der Waals surface area contributed by atoms with Crippen LogP contribution in [0.25, 0.3) is 11.4 Å². The van der Waals surface area contributed by atoms with Gasteiger partial charge in [-0.15, -0.1) is 5.10 Å². The number of nitrogens with two attached hydrogens (primary N) is 1. The molecule has 0 spiro atoms. The van der Waals surface area contributed by atoms with Crippen molar-refractivity contribution in [3.8, 4) is 11.4 Å². The highest BCUT2D eigenvalue weighted by Crippen LogP contribution is 2.22. The van der Waals surface area contributed by atoms with Crippen molar-refractivity contribution in [1.29, 1.82) is 0 Å². The number of anilines is 1. The average molecular weight is 299 g/mol. The topological polar surface area (TPSA) is 104 Å². The molecule has 108 valence electrons. The van der Waals surface area contributed by atoms with E-state index in [2.05, 4.69) is 15.5 Å². The number of nitrogens with zero attached hydrogens (tertiary/aromatic N) is 4. The van der Waals surface area contributed by atoms with Gasteiger partial charge in [-0.1, -0.05) is 0 Å². The molecule has 0 unspecified atom stereocenters. The van der Waals surface area contributed by atoms with E-state index in [9.17, 15) is 12.8 Å². The van der Waals surface area contributed by atoms with Gasteiger partial charge < -0.3 is 5.73 Å². The Morgan fingerprint density at radius 2 is 2.15 bits per heavy atom. The number of aromatic nitrogens is 4. The molecule has 9 heteroatoms. The van der Waals surface area contributed by atoms with Crippen molar-refractivity contribution in [3.05, 3.63) is 24.0 Å². The molecule has 0 fully saturated rings. The lowest BCUT2D eigenvalue weighted by molar-refractivity contribution is 0.564. The molecule has 0 amide bonds. The predicted molar refractivity (Wildman–Crippen MR) is 72.0 cm³/mol. The second-order valence-corrected chi connectivity index (χ2v) is 6.71. The summed E-state index contributed by atoms with van der Waals surface area (Å²) in [6.07, 6.45) is 1.51. The van der Waals surface area contributed by atoms with E-state index in [-0.39, 0.29) is 17.1 Å². The number of benzene rings is 1. The molecule has 0 aliphatic carbocycles. The predicted octanol–water partition coefficient (Wildman–Crippen LogP) is 0.496. The zero-order chi connectivity index (χ0) is 14.8. The molecule has 0 aliphatic rings. The Kier molecular flexibility index (Phi) is 3.98. The first kappa shape index (κ1) is 14.4. The molecule has 7 nitrogen and oxygen atoms in total. The standard InChI is InChI=1S/C11H14FN5O2S/c1-20(18,19)6-2-5-17-11(14-15-16-17)9-4-3-8(13)7-10(9)12/h3-4,7H,2,5-6,13H2,1H3. The molecular weight excluding hydrogens is 285 g/mol. The van der Waals surface area contributed by atoms with Gasteiger partial charge in [0.15, 0.2) is 5.82 Å². The van der Waals surface area contributed by atoms with E-state index < -0.39 is 15.7 Å². The number of aryl methyl sites for hydroxylation is 1. The van der Waals surface area contributed by atoms with Crippen LogP contribution in [0, 0.1) is 5.82 Å². The Bertz CT molecular complexity index is 713. The first-order valence-electron chi connectivity index (χ1n) is 5.86. The number of hydrogen-bond donors (Lipinski definition) is 1. The highest BCUT2D eigenvalue weighted by molar-refractivity contribution is 7.90. The maximum atomic E-state index is 13.8. The van der Waals surface area contributed by atoms with Gasteiger partial charge in [0.1, 0.15) is 15.7 Å². The molecule has 2 aromatic rings. The molecule has 0 bridgehead atoms. The fraction of sp³-hybridized carbons (Fsp3) is 0.364. The van der Waals surface area contributed by atoms with Gasteiger partial charge >= 0.3 is 0 Å². The number of nitrogen functional groups attached to an aromatic ring is 1. The van der Waals surface area contributed by atoms with Crippen LogP contribution >= 0.6 is 0 Å². The maximum Gasteiger partial charge on any atom is 0.184 e. The van der Waals surface area contributed by atoms with Crippen molar-refractivity contribution in [2.45, 2.75) is 13.0 Å². The largest absolute Gasteiger partial charge is 0.399 e. The van der Waals surface area contributed by atoms with Crippen molar-refractivity contribution in [2.24, 2.45) is 0 Å². The first-order chi connectivity index (χ1) is 9.37. The van der Waals surface area contributed by atoms with Gasteiger partial charge in [0.25, 0.3) is 0 Å². The molecule has 2 N–H and O–H groups in total. The van der Waals surface area contributed by atoms with Crippen LogP contribution in [0.1, 0.15) is 6.42 Å². The van der Waals surface area contributed by atoms with Gasteiger partial charge in [-0.2, -0.15) is 0 Å². The lowest BCUT2D eigenvalue weighted by atomic mass is 10.2. The highest BCUT2D eigenvalue weighted by atomic mass is 32.2. The minimum Gasteiger partial charge on any atom is -0.399 e. The van der Waals surface area contributed by atoms with E-state index in [4.69, 9.17) is 5.73 Å². The fourth-order valence-corrected chi connectivity index (χ4v) is 2.39. The minimum atomic E-state index is -3.04. The SMILES string of the molecule is CS(=O)(=O)CCCn1nnnc1-c1ccc(N)cc1F. The van der Waals surface area contributed by atoms with Crippen molar-refractivity contribution in [1.82, 2.24) is 20.2 Å². The second-order valence-electron chi connectivity index (χ2n) is 4.45. The maximum absolute atomic E-state index is 13.8. The lowest BCUT2D eigenvalue weighted by Crippen LogP contribution is -2.10. The zero-order valence-corrected chi connectivity index (χ0v) is 11.6. The Hall–Kier alpha value is -2.03. The number of halogens is 1. The second kappa shape index (κ2) is 5.53.